The van der Waals surface area contributed by atoms with E-state index in [1.54, 1.807) is 6.07 Å². The molecule has 1 aromatic carbocycles. The molecule has 0 fully saturated rings. The van der Waals surface area contributed by atoms with Gasteiger partial charge in [0.15, 0.2) is 0 Å². The number of nitrogen functional groups attached to an aromatic ring is 1. The Kier molecular flexibility index (Phi) is 3.54. The van der Waals surface area contributed by atoms with Gasteiger partial charge in [-0.3, -0.25) is 4.79 Å². The average Bonchev–Trinajstić information content (AvgIpc) is 2.15. The number of rotatable bonds is 0. The van der Waals surface area contributed by atoms with Crippen LogP contribution in [0.5, 0.6) is 0 Å². The van der Waals surface area contributed by atoms with Gasteiger partial charge in [0.1, 0.15) is 5.54 Å². The Balaban J connectivity index is 0.00000128. The fraction of sp³-hybridized carbons (Fsp3) is 0.300. The van der Waals surface area contributed by atoms with Crippen molar-refractivity contribution in [3.05, 3.63) is 16.6 Å². The third-order valence-electron chi connectivity index (χ3n) is 2.43. The van der Waals surface area contributed by atoms with Gasteiger partial charge in [-0.25, -0.2) is 0 Å². The number of hydrogen-bond acceptors (Lipinski definition) is 3. The van der Waals surface area contributed by atoms with Crippen molar-refractivity contribution in [1.29, 1.82) is 0 Å². The number of benzene rings is 1. The summed E-state index contributed by atoms with van der Waals surface area (Å²) in [6.07, 6.45) is 0. The van der Waals surface area contributed by atoms with Gasteiger partial charge >= 0.3 is 0 Å². The molecular weight excluding hydrogens is 338 g/mol. The maximum Gasteiger partial charge on any atom is 0.249 e. The van der Waals surface area contributed by atoms with Crippen molar-refractivity contribution in [3.8, 4) is 0 Å². The molecule has 1 aliphatic rings. The molecule has 88 valence electrons. The third-order valence-corrected chi connectivity index (χ3v) is 3.28. The summed E-state index contributed by atoms with van der Waals surface area (Å²) in [5.41, 5.74) is 7.33. The minimum absolute atomic E-state index is 0. The van der Waals surface area contributed by atoms with Crippen LogP contribution in [0.3, 0.4) is 0 Å². The van der Waals surface area contributed by atoms with Crippen molar-refractivity contribution < 1.29 is 4.79 Å². The highest BCUT2D eigenvalue weighted by molar-refractivity contribution is 9.10. The van der Waals surface area contributed by atoms with Gasteiger partial charge in [0, 0.05) is 5.69 Å². The van der Waals surface area contributed by atoms with E-state index in [9.17, 15) is 4.79 Å². The molecule has 1 aromatic rings. The van der Waals surface area contributed by atoms with E-state index in [0.717, 1.165) is 10.2 Å². The minimum Gasteiger partial charge on any atom is -0.398 e. The summed E-state index contributed by atoms with van der Waals surface area (Å²) in [7, 11) is 0. The van der Waals surface area contributed by atoms with Gasteiger partial charge in [-0.05, 0) is 41.9 Å². The van der Waals surface area contributed by atoms with E-state index >= 15 is 0 Å². The lowest BCUT2D eigenvalue weighted by Crippen LogP contribution is -2.47. The summed E-state index contributed by atoms with van der Waals surface area (Å²) < 4.78 is 0.719. The van der Waals surface area contributed by atoms with Crippen molar-refractivity contribution in [1.82, 2.24) is 0 Å². The molecule has 0 aromatic heterocycles. The largest absolute Gasteiger partial charge is 0.398 e. The van der Waals surface area contributed by atoms with Crippen molar-refractivity contribution in [2.45, 2.75) is 19.4 Å². The van der Waals surface area contributed by atoms with Gasteiger partial charge in [-0.2, -0.15) is 0 Å². The topological polar surface area (TPSA) is 67.2 Å². The lowest BCUT2D eigenvalue weighted by Gasteiger charge is -2.33. The number of nitrogens with two attached hydrogens (primary N) is 1. The quantitative estimate of drug-likeness (QED) is 0.630. The zero-order valence-electron chi connectivity index (χ0n) is 8.93. The van der Waals surface area contributed by atoms with Crippen LogP contribution in [0.1, 0.15) is 13.8 Å². The predicted octanol–water partition coefficient (Wildman–Crippen LogP) is 2.75. The molecular formula is C10H13Br2N3O. The smallest absolute Gasteiger partial charge is 0.249 e. The molecule has 2 rings (SSSR count). The number of carbonyl (C=O) groups excluding carboxylic acids is 1. The van der Waals surface area contributed by atoms with Gasteiger partial charge in [0.25, 0.3) is 0 Å². The Morgan fingerprint density at radius 1 is 1.38 bits per heavy atom. The molecule has 4 N–H and O–H groups in total. The molecule has 0 saturated heterocycles. The highest BCUT2D eigenvalue weighted by Crippen LogP contribution is 2.39. The van der Waals surface area contributed by atoms with Gasteiger partial charge in [-0.1, -0.05) is 0 Å². The van der Waals surface area contributed by atoms with Gasteiger partial charge < -0.3 is 16.4 Å². The number of hydrogen-bond donors (Lipinski definition) is 3. The molecule has 0 aliphatic carbocycles. The number of fused-ring (bicyclic) bond motifs is 1. The van der Waals surface area contributed by atoms with Crippen LogP contribution >= 0.6 is 32.9 Å². The summed E-state index contributed by atoms with van der Waals surface area (Å²) in [5, 5.41) is 5.99. The van der Waals surface area contributed by atoms with Crippen LogP contribution in [0.4, 0.5) is 17.1 Å². The standard InChI is InChI=1S/C10H12BrN3O.BrH/c1-10(2)9(15)13-8-6(14-10)4-3-5(12)7(8)11;/h3-4,14H,12H2,1-2H3,(H,13,15);1H. The first-order valence-electron chi connectivity index (χ1n) is 4.59. The summed E-state index contributed by atoms with van der Waals surface area (Å²) in [6, 6.07) is 3.65. The molecule has 0 saturated carbocycles. The van der Waals surface area contributed by atoms with E-state index in [1.165, 1.54) is 0 Å². The van der Waals surface area contributed by atoms with Crippen LogP contribution in [0.25, 0.3) is 0 Å². The maximum absolute atomic E-state index is 11.7. The van der Waals surface area contributed by atoms with Crippen molar-refractivity contribution in [2.24, 2.45) is 0 Å². The fourth-order valence-electron chi connectivity index (χ4n) is 1.48. The zero-order chi connectivity index (χ0) is 11.2. The van der Waals surface area contributed by atoms with Crippen LogP contribution in [0, 0.1) is 0 Å². The van der Waals surface area contributed by atoms with Crippen LogP contribution in [0.15, 0.2) is 16.6 Å². The molecule has 1 aliphatic heterocycles. The molecule has 6 heteroatoms. The highest BCUT2D eigenvalue weighted by Gasteiger charge is 2.33. The first-order chi connectivity index (χ1) is 6.92. The first-order valence-corrected chi connectivity index (χ1v) is 5.39. The molecule has 0 bridgehead atoms. The molecule has 16 heavy (non-hydrogen) atoms. The molecule has 0 radical (unpaired) electrons. The Labute approximate surface area is 113 Å². The van der Waals surface area contributed by atoms with E-state index in [0.29, 0.717) is 11.4 Å². The van der Waals surface area contributed by atoms with E-state index in [-0.39, 0.29) is 22.9 Å². The SMILES string of the molecule is Br.CC1(C)Nc2ccc(N)c(Br)c2NC1=O. The van der Waals surface area contributed by atoms with Gasteiger partial charge in [-0.15, -0.1) is 17.0 Å². The lowest BCUT2D eigenvalue weighted by atomic mass is 10.00. The molecule has 0 spiro atoms. The third kappa shape index (κ3) is 2.04. The van der Waals surface area contributed by atoms with Crippen molar-refractivity contribution >= 4 is 55.9 Å². The van der Waals surface area contributed by atoms with Gasteiger partial charge in [0.2, 0.25) is 5.91 Å². The second-order valence-corrected chi connectivity index (χ2v) is 4.89. The molecule has 1 heterocycles. The van der Waals surface area contributed by atoms with Crippen molar-refractivity contribution in [2.75, 3.05) is 16.4 Å². The summed E-state index contributed by atoms with van der Waals surface area (Å²) >= 11 is 3.35. The second kappa shape index (κ2) is 4.25. The van der Waals surface area contributed by atoms with E-state index < -0.39 is 5.54 Å². The predicted molar refractivity (Wildman–Crippen MR) is 75.2 cm³/mol. The fourth-order valence-corrected chi connectivity index (χ4v) is 1.93. The average molecular weight is 351 g/mol. The molecule has 4 nitrogen and oxygen atoms in total. The summed E-state index contributed by atoms with van der Waals surface area (Å²) in [4.78, 5) is 11.7. The number of halogens is 2. The van der Waals surface area contributed by atoms with Crippen LogP contribution < -0.4 is 16.4 Å². The Hall–Kier alpha value is -0.750. The Morgan fingerprint density at radius 3 is 2.62 bits per heavy atom. The summed E-state index contributed by atoms with van der Waals surface area (Å²) in [6.45, 7) is 3.66. The van der Waals surface area contributed by atoms with Crippen LogP contribution in [0.2, 0.25) is 0 Å². The maximum atomic E-state index is 11.7. The van der Waals surface area contributed by atoms with Crippen molar-refractivity contribution in [3.63, 3.8) is 0 Å². The molecule has 0 unspecified atom stereocenters. The van der Waals surface area contributed by atoms with Crippen LogP contribution in [-0.4, -0.2) is 11.4 Å². The lowest BCUT2D eigenvalue weighted by molar-refractivity contribution is -0.119. The van der Waals surface area contributed by atoms with Gasteiger partial charge in [0.05, 0.1) is 15.8 Å². The minimum atomic E-state index is -0.595. The number of carbonyl (C=O) groups is 1. The van der Waals surface area contributed by atoms with E-state index in [2.05, 4.69) is 26.6 Å². The van der Waals surface area contributed by atoms with E-state index in [4.69, 9.17) is 5.73 Å². The number of amides is 1. The van der Waals surface area contributed by atoms with E-state index in [1.807, 2.05) is 19.9 Å². The summed E-state index contributed by atoms with van der Waals surface area (Å²) in [5.74, 6) is -0.0682. The monoisotopic (exact) mass is 349 g/mol. The zero-order valence-corrected chi connectivity index (χ0v) is 12.2. The number of nitrogens with one attached hydrogen (secondary N) is 2. The Bertz CT molecular complexity index is 446. The number of anilines is 3. The molecule has 1 amide bonds. The van der Waals surface area contributed by atoms with Crippen LogP contribution in [-0.2, 0) is 4.79 Å². The molecule has 0 atom stereocenters. The normalized spacial score (nSPS) is 16.6. The second-order valence-electron chi connectivity index (χ2n) is 4.10. The highest BCUT2D eigenvalue weighted by atomic mass is 79.9. The first kappa shape index (κ1) is 13.3. The Morgan fingerprint density at radius 2 is 2.00 bits per heavy atom.